The summed E-state index contributed by atoms with van der Waals surface area (Å²) in [6.45, 7) is 4.13. The Labute approximate surface area is 246 Å². The number of nitrogens with one attached hydrogen (secondary N) is 2. The standard InChI is InChI=1S/C32H32F3N5O3/c1-18(2)25-15-24(36)16-26-29(25)43-31(39-26)22-9-7-21(8-10-22)30(42)38-17-20-5-3-19(4-6-20)13-28(41)40-27-14-23(11-12-37-27)32(33,34)35/h7-12,14-19H,3-6,13,36H2,1-2H3,(H,38,42)(H,37,40,41). The Morgan fingerprint density at radius 2 is 1.81 bits per heavy atom. The molecule has 1 fully saturated rings. The first-order chi connectivity index (χ1) is 20.5. The largest absolute Gasteiger partial charge is 0.436 e. The molecule has 8 nitrogen and oxygen atoms in total. The molecule has 11 heteroatoms. The second kappa shape index (κ2) is 12.3. The molecule has 4 aromatic rings. The molecular formula is C32H32F3N5O3. The molecule has 2 aromatic carbocycles. The van der Waals surface area contributed by atoms with Gasteiger partial charge in [0.15, 0.2) is 5.58 Å². The van der Waals surface area contributed by atoms with Crippen molar-refractivity contribution in [3.05, 3.63) is 83.2 Å². The number of halogens is 3. The van der Waals surface area contributed by atoms with Crippen LogP contribution in [0.4, 0.5) is 24.7 Å². The third kappa shape index (κ3) is 7.22. The van der Waals surface area contributed by atoms with Gasteiger partial charge in [-0.3, -0.25) is 9.59 Å². The maximum absolute atomic E-state index is 12.9. The third-order valence-electron chi connectivity index (χ3n) is 7.54. The van der Waals surface area contributed by atoms with E-state index in [4.69, 9.17) is 10.2 Å². The van der Waals surface area contributed by atoms with Crippen LogP contribution in [-0.4, -0.2) is 21.8 Å². The fourth-order valence-corrected chi connectivity index (χ4v) is 5.18. The Morgan fingerprint density at radius 1 is 1.09 bits per heavy atom. The Hall–Kier alpha value is -4.67. The van der Waals surface area contributed by atoms with Gasteiger partial charge in [0.05, 0.1) is 5.56 Å². The number of anilines is 2. The van der Waals surface area contributed by atoms with Crippen molar-refractivity contribution in [2.75, 3.05) is 11.1 Å². The molecule has 2 aromatic heterocycles. The topological polar surface area (TPSA) is 123 Å². The van der Waals surface area contributed by atoms with Gasteiger partial charge in [-0.05, 0) is 86.1 Å². The van der Waals surface area contributed by atoms with Crippen LogP contribution >= 0.6 is 0 Å². The summed E-state index contributed by atoms with van der Waals surface area (Å²) >= 11 is 0. The van der Waals surface area contributed by atoms with E-state index in [1.807, 2.05) is 6.07 Å². The summed E-state index contributed by atoms with van der Waals surface area (Å²) in [7, 11) is 0. The van der Waals surface area contributed by atoms with Gasteiger partial charge >= 0.3 is 6.18 Å². The first kappa shape index (κ1) is 29.8. The maximum atomic E-state index is 12.9. The molecule has 1 aliphatic carbocycles. The summed E-state index contributed by atoms with van der Waals surface area (Å²) in [5.41, 5.74) is 10.5. The minimum atomic E-state index is -4.51. The summed E-state index contributed by atoms with van der Waals surface area (Å²) in [5, 5.41) is 5.31. The molecule has 224 valence electrons. The van der Waals surface area contributed by atoms with Crippen LogP contribution in [0.3, 0.4) is 0 Å². The Morgan fingerprint density at radius 3 is 2.49 bits per heavy atom. The number of nitrogens with two attached hydrogens (primary N) is 1. The lowest BCUT2D eigenvalue weighted by Crippen LogP contribution is -2.21. The van der Waals surface area contributed by atoms with Gasteiger partial charge in [0, 0.05) is 41.2 Å². The fraction of sp³-hybridized carbons (Fsp3) is 0.312. The molecule has 1 saturated carbocycles. The molecule has 0 unspecified atom stereocenters. The number of aromatic nitrogens is 2. The van der Waals surface area contributed by atoms with Crippen molar-refractivity contribution in [2.45, 2.75) is 58.0 Å². The summed E-state index contributed by atoms with van der Waals surface area (Å²) in [6, 6.07) is 12.4. The van der Waals surface area contributed by atoms with Crippen molar-refractivity contribution in [1.82, 2.24) is 15.3 Å². The second-order valence-electron chi connectivity index (χ2n) is 11.1. The van der Waals surface area contributed by atoms with Crippen LogP contribution in [0.1, 0.15) is 73.4 Å². The number of benzene rings is 2. The van der Waals surface area contributed by atoms with Crippen LogP contribution in [0, 0.1) is 5.92 Å². The number of allylic oxidation sites excluding steroid dienone is 1. The van der Waals surface area contributed by atoms with Crippen LogP contribution in [-0.2, 0) is 11.0 Å². The lowest BCUT2D eigenvalue weighted by molar-refractivity contribution is -0.137. The molecule has 0 spiro atoms. The number of carbonyl (C=O) groups is 2. The minimum Gasteiger partial charge on any atom is -0.436 e. The van der Waals surface area contributed by atoms with E-state index >= 15 is 0 Å². The van der Waals surface area contributed by atoms with Crippen molar-refractivity contribution in [2.24, 2.45) is 5.92 Å². The first-order valence-corrected chi connectivity index (χ1v) is 14.1. The number of nitrogen functional groups attached to an aromatic ring is 1. The Kier molecular flexibility index (Phi) is 8.52. The number of fused-ring (bicyclic) bond motifs is 1. The van der Waals surface area contributed by atoms with Crippen LogP contribution in [0.15, 0.2) is 70.9 Å². The van der Waals surface area contributed by atoms with Crippen molar-refractivity contribution in [1.29, 1.82) is 0 Å². The highest BCUT2D eigenvalue weighted by Crippen LogP contribution is 2.33. The molecule has 43 heavy (non-hydrogen) atoms. The van der Waals surface area contributed by atoms with E-state index in [-0.39, 0.29) is 35.9 Å². The molecule has 0 aliphatic heterocycles. The molecule has 2 amide bonds. The van der Waals surface area contributed by atoms with Gasteiger partial charge in [-0.2, -0.15) is 13.2 Å². The molecule has 2 heterocycles. The van der Waals surface area contributed by atoms with E-state index in [0.717, 1.165) is 47.9 Å². The Balaban J connectivity index is 1.12. The van der Waals surface area contributed by atoms with Gasteiger partial charge in [0.25, 0.3) is 5.91 Å². The average molecular weight is 592 g/mol. The normalized spacial score (nSPS) is 15.5. The predicted octanol–water partition coefficient (Wildman–Crippen LogP) is 7.45. The molecular weight excluding hydrogens is 559 g/mol. The van der Waals surface area contributed by atoms with Gasteiger partial charge in [0.1, 0.15) is 11.3 Å². The zero-order chi connectivity index (χ0) is 30.7. The van der Waals surface area contributed by atoms with Gasteiger partial charge in [-0.1, -0.05) is 19.4 Å². The number of oxazole rings is 1. The zero-order valence-corrected chi connectivity index (χ0v) is 23.8. The molecule has 0 bridgehead atoms. The number of alkyl halides is 3. The number of hydrogen-bond donors (Lipinski definition) is 3. The van der Waals surface area contributed by atoms with Crippen molar-refractivity contribution < 1.29 is 27.2 Å². The number of hydrogen-bond acceptors (Lipinski definition) is 6. The van der Waals surface area contributed by atoms with Crippen molar-refractivity contribution >= 4 is 34.4 Å². The fourth-order valence-electron chi connectivity index (χ4n) is 5.18. The number of carbonyl (C=O) groups excluding carboxylic acids is 2. The number of amides is 2. The lowest BCUT2D eigenvalue weighted by atomic mass is 9.84. The zero-order valence-electron chi connectivity index (χ0n) is 23.8. The molecule has 0 atom stereocenters. The summed E-state index contributed by atoms with van der Waals surface area (Å²) < 4.78 is 44.8. The lowest BCUT2D eigenvalue weighted by Gasteiger charge is -2.23. The highest BCUT2D eigenvalue weighted by atomic mass is 19.4. The van der Waals surface area contributed by atoms with Crippen molar-refractivity contribution in [3.8, 4) is 11.5 Å². The SMILES string of the molecule is CC(C)c1cc(N)cc2nc(-c3ccc(C(=O)NC=C4CCC(CC(=O)Nc5cc(C(F)(F)F)ccn5)CC4)cc3)oc12. The average Bonchev–Trinajstić information content (AvgIpc) is 3.40. The van der Waals surface area contributed by atoms with E-state index in [0.29, 0.717) is 41.1 Å². The molecule has 4 N–H and O–H groups in total. The summed E-state index contributed by atoms with van der Waals surface area (Å²) in [4.78, 5) is 33.6. The molecule has 0 saturated heterocycles. The van der Waals surface area contributed by atoms with E-state index in [2.05, 4.69) is 34.4 Å². The highest BCUT2D eigenvalue weighted by Gasteiger charge is 2.31. The van der Waals surface area contributed by atoms with Gasteiger partial charge in [-0.15, -0.1) is 0 Å². The van der Waals surface area contributed by atoms with Gasteiger partial charge < -0.3 is 20.8 Å². The number of pyridine rings is 1. The van der Waals surface area contributed by atoms with Crippen LogP contribution in [0.25, 0.3) is 22.6 Å². The number of rotatable bonds is 7. The summed E-state index contributed by atoms with van der Waals surface area (Å²) in [6.07, 6.45) is 1.31. The minimum absolute atomic E-state index is 0.0890. The summed E-state index contributed by atoms with van der Waals surface area (Å²) in [5.74, 6) is 0.0209. The highest BCUT2D eigenvalue weighted by molar-refractivity contribution is 5.95. The van der Waals surface area contributed by atoms with Gasteiger partial charge in [-0.25, -0.2) is 9.97 Å². The van der Waals surface area contributed by atoms with E-state index in [9.17, 15) is 22.8 Å². The monoisotopic (exact) mass is 591 g/mol. The molecule has 5 rings (SSSR count). The number of nitrogens with zero attached hydrogens (tertiary/aromatic N) is 2. The van der Waals surface area contributed by atoms with E-state index in [1.54, 1.807) is 36.5 Å². The predicted molar refractivity (Wildman–Crippen MR) is 158 cm³/mol. The van der Waals surface area contributed by atoms with Crippen LogP contribution < -0.4 is 16.4 Å². The third-order valence-corrected chi connectivity index (χ3v) is 7.54. The smallest absolute Gasteiger partial charge is 0.416 e. The van der Waals surface area contributed by atoms with Crippen molar-refractivity contribution in [3.63, 3.8) is 0 Å². The van der Waals surface area contributed by atoms with Crippen LogP contribution in [0.5, 0.6) is 0 Å². The Bertz CT molecular complexity index is 1670. The van der Waals surface area contributed by atoms with Crippen LogP contribution in [0.2, 0.25) is 0 Å². The van der Waals surface area contributed by atoms with E-state index in [1.165, 1.54) is 0 Å². The first-order valence-electron chi connectivity index (χ1n) is 14.1. The quantitative estimate of drug-likeness (QED) is 0.192. The second-order valence-corrected chi connectivity index (χ2v) is 11.1. The maximum Gasteiger partial charge on any atom is 0.416 e. The molecule has 0 radical (unpaired) electrons. The van der Waals surface area contributed by atoms with E-state index < -0.39 is 11.7 Å². The van der Waals surface area contributed by atoms with Gasteiger partial charge in [0.2, 0.25) is 11.8 Å². The molecule has 1 aliphatic rings.